The van der Waals surface area contributed by atoms with Gasteiger partial charge in [0.05, 0.1) is 5.56 Å². The van der Waals surface area contributed by atoms with Gasteiger partial charge in [-0.25, -0.2) is 9.78 Å². The van der Waals surface area contributed by atoms with E-state index in [9.17, 15) is 9.59 Å². The minimum Gasteiger partial charge on any atom is -0.480 e. The van der Waals surface area contributed by atoms with Crippen molar-refractivity contribution in [2.45, 2.75) is 19.4 Å². The summed E-state index contributed by atoms with van der Waals surface area (Å²) in [5.74, 6) is -1.69. The molecule has 0 bridgehead atoms. The van der Waals surface area contributed by atoms with Gasteiger partial charge < -0.3 is 10.4 Å². The summed E-state index contributed by atoms with van der Waals surface area (Å²) in [6.07, 6.45) is 0.277. The highest BCUT2D eigenvalue weighted by molar-refractivity contribution is 6.34. The lowest BCUT2D eigenvalue weighted by Crippen LogP contribution is -2.40. The molecule has 0 saturated carbocycles. The Kier molecular flexibility index (Phi) is 4.72. The zero-order valence-corrected chi connectivity index (χ0v) is 10.4. The molecule has 0 fully saturated rings. The lowest BCUT2D eigenvalue weighted by atomic mass is 10.2. The quantitative estimate of drug-likeness (QED) is 0.825. The van der Waals surface area contributed by atoms with Gasteiger partial charge in [0.2, 0.25) is 0 Å². The van der Waals surface area contributed by atoms with E-state index in [1.807, 2.05) is 0 Å². The van der Waals surface area contributed by atoms with Crippen LogP contribution in [0.3, 0.4) is 0 Å². The molecule has 92 valence electrons. The number of aromatic nitrogens is 1. The third kappa shape index (κ3) is 3.57. The maximum absolute atomic E-state index is 11.7. The number of carbonyl (C=O) groups is 2. The average molecular weight is 277 g/mol. The number of carboxylic acids is 1. The average Bonchev–Trinajstić information content (AvgIpc) is 2.24. The van der Waals surface area contributed by atoms with Crippen molar-refractivity contribution in [2.24, 2.45) is 0 Å². The highest BCUT2D eigenvalue weighted by Crippen LogP contribution is 2.16. The summed E-state index contributed by atoms with van der Waals surface area (Å²) < 4.78 is 0. The van der Waals surface area contributed by atoms with Crippen molar-refractivity contribution < 1.29 is 14.7 Å². The van der Waals surface area contributed by atoms with Gasteiger partial charge >= 0.3 is 5.97 Å². The Morgan fingerprint density at radius 2 is 2.12 bits per heavy atom. The smallest absolute Gasteiger partial charge is 0.326 e. The van der Waals surface area contributed by atoms with E-state index in [1.165, 1.54) is 12.1 Å². The van der Waals surface area contributed by atoms with Crippen LogP contribution in [0.25, 0.3) is 0 Å². The van der Waals surface area contributed by atoms with Gasteiger partial charge in [-0.3, -0.25) is 4.79 Å². The molecule has 1 aromatic rings. The Labute approximate surface area is 108 Å². The molecule has 1 atom stereocenters. The first-order valence-corrected chi connectivity index (χ1v) is 5.57. The van der Waals surface area contributed by atoms with Gasteiger partial charge in [0.15, 0.2) is 0 Å². The van der Waals surface area contributed by atoms with E-state index in [0.717, 1.165) is 0 Å². The summed E-state index contributed by atoms with van der Waals surface area (Å²) in [6, 6.07) is 1.85. The second kappa shape index (κ2) is 5.84. The van der Waals surface area contributed by atoms with E-state index in [4.69, 9.17) is 28.3 Å². The van der Waals surface area contributed by atoms with Gasteiger partial charge in [-0.15, -0.1) is 0 Å². The number of pyridine rings is 1. The van der Waals surface area contributed by atoms with E-state index in [-0.39, 0.29) is 22.3 Å². The summed E-state index contributed by atoms with van der Waals surface area (Å²) >= 11 is 11.3. The third-order valence-electron chi connectivity index (χ3n) is 2.07. The number of amides is 1. The summed E-state index contributed by atoms with van der Waals surface area (Å²) in [4.78, 5) is 26.2. The topological polar surface area (TPSA) is 79.3 Å². The summed E-state index contributed by atoms with van der Waals surface area (Å²) in [5.41, 5.74) is 0.0933. The second-order valence-corrected chi connectivity index (χ2v) is 3.99. The molecule has 0 aliphatic rings. The highest BCUT2D eigenvalue weighted by Gasteiger charge is 2.20. The van der Waals surface area contributed by atoms with E-state index in [1.54, 1.807) is 6.92 Å². The Morgan fingerprint density at radius 1 is 1.47 bits per heavy atom. The largest absolute Gasteiger partial charge is 0.480 e. The molecule has 17 heavy (non-hydrogen) atoms. The number of hydrogen-bond acceptors (Lipinski definition) is 3. The molecule has 5 nitrogen and oxygen atoms in total. The number of nitrogens with zero attached hydrogens (tertiary/aromatic N) is 1. The molecular weight excluding hydrogens is 267 g/mol. The van der Waals surface area contributed by atoms with Crippen molar-refractivity contribution >= 4 is 35.1 Å². The van der Waals surface area contributed by atoms with Crippen LogP contribution in [0.1, 0.15) is 23.7 Å². The number of halogens is 2. The first-order chi connectivity index (χ1) is 7.95. The zero-order valence-electron chi connectivity index (χ0n) is 8.91. The number of carboxylic acid groups (broad SMARTS) is 1. The maximum Gasteiger partial charge on any atom is 0.326 e. The summed E-state index contributed by atoms with van der Waals surface area (Å²) in [6.45, 7) is 1.65. The zero-order chi connectivity index (χ0) is 13.0. The number of aliphatic carboxylic acids is 1. The first kappa shape index (κ1) is 13.7. The molecule has 0 saturated heterocycles. The fourth-order valence-corrected chi connectivity index (χ4v) is 1.59. The third-order valence-corrected chi connectivity index (χ3v) is 2.57. The van der Waals surface area contributed by atoms with Gasteiger partial charge in [-0.1, -0.05) is 30.1 Å². The SMILES string of the molecule is CCC(NC(=O)c1ccc(Cl)nc1Cl)C(=O)O. The monoisotopic (exact) mass is 276 g/mol. The number of carbonyl (C=O) groups excluding carboxylic acids is 1. The molecule has 0 aliphatic heterocycles. The number of hydrogen-bond donors (Lipinski definition) is 2. The van der Waals surface area contributed by atoms with Crippen LogP contribution in [-0.2, 0) is 4.79 Å². The fraction of sp³-hybridized carbons (Fsp3) is 0.300. The predicted molar refractivity (Wildman–Crippen MR) is 63.4 cm³/mol. The van der Waals surface area contributed by atoms with Crippen LogP contribution in [0.4, 0.5) is 0 Å². The number of nitrogens with one attached hydrogen (secondary N) is 1. The van der Waals surface area contributed by atoms with Crippen LogP contribution in [0.5, 0.6) is 0 Å². The molecule has 1 unspecified atom stereocenters. The van der Waals surface area contributed by atoms with Crippen molar-refractivity contribution in [3.8, 4) is 0 Å². The lowest BCUT2D eigenvalue weighted by molar-refractivity contribution is -0.139. The normalized spacial score (nSPS) is 11.9. The summed E-state index contributed by atoms with van der Waals surface area (Å²) in [5, 5.41) is 11.2. The van der Waals surface area contributed by atoms with Crippen molar-refractivity contribution in [3.63, 3.8) is 0 Å². The van der Waals surface area contributed by atoms with E-state index in [0.29, 0.717) is 0 Å². The Hall–Kier alpha value is -1.33. The van der Waals surface area contributed by atoms with Crippen LogP contribution in [0.2, 0.25) is 10.3 Å². The van der Waals surface area contributed by atoms with Crippen molar-refractivity contribution in [1.82, 2.24) is 10.3 Å². The molecule has 1 heterocycles. The lowest BCUT2D eigenvalue weighted by Gasteiger charge is -2.12. The molecular formula is C10H10Cl2N2O3. The molecule has 2 N–H and O–H groups in total. The van der Waals surface area contributed by atoms with Crippen LogP contribution in [0.15, 0.2) is 12.1 Å². The van der Waals surface area contributed by atoms with Crippen molar-refractivity contribution in [1.29, 1.82) is 0 Å². The molecule has 0 spiro atoms. The van der Waals surface area contributed by atoms with Gasteiger partial charge in [0, 0.05) is 0 Å². The van der Waals surface area contributed by atoms with Crippen LogP contribution < -0.4 is 5.32 Å². The van der Waals surface area contributed by atoms with Crippen molar-refractivity contribution in [3.05, 3.63) is 28.0 Å². The molecule has 1 aromatic heterocycles. The molecule has 1 rings (SSSR count). The predicted octanol–water partition coefficient (Wildman–Crippen LogP) is 1.98. The highest BCUT2D eigenvalue weighted by atomic mass is 35.5. The second-order valence-electron chi connectivity index (χ2n) is 3.24. The summed E-state index contributed by atoms with van der Waals surface area (Å²) in [7, 11) is 0. The van der Waals surface area contributed by atoms with Crippen LogP contribution in [-0.4, -0.2) is 28.0 Å². The van der Waals surface area contributed by atoms with Gasteiger partial charge in [0.25, 0.3) is 5.91 Å². The Morgan fingerprint density at radius 3 is 2.59 bits per heavy atom. The van der Waals surface area contributed by atoms with Gasteiger partial charge in [0.1, 0.15) is 16.3 Å². The van der Waals surface area contributed by atoms with Gasteiger partial charge in [-0.2, -0.15) is 0 Å². The Bertz CT molecular complexity index is 451. The maximum atomic E-state index is 11.7. The van der Waals surface area contributed by atoms with Gasteiger partial charge in [-0.05, 0) is 18.6 Å². The fourth-order valence-electron chi connectivity index (χ4n) is 1.16. The molecule has 7 heteroatoms. The number of rotatable bonds is 4. The minimum atomic E-state index is -1.10. The molecule has 1 amide bonds. The standard InChI is InChI=1S/C10H10Cl2N2O3/c1-2-6(10(16)17)13-9(15)5-3-4-7(11)14-8(5)12/h3-4,6H,2H2,1H3,(H,13,15)(H,16,17). The molecule has 0 aromatic carbocycles. The minimum absolute atomic E-state index is 0.0600. The van der Waals surface area contributed by atoms with E-state index in [2.05, 4.69) is 10.3 Å². The van der Waals surface area contributed by atoms with Crippen LogP contribution >= 0.6 is 23.2 Å². The Balaban J connectivity index is 2.86. The van der Waals surface area contributed by atoms with Crippen molar-refractivity contribution in [2.75, 3.05) is 0 Å². The van der Waals surface area contributed by atoms with E-state index >= 15 is 0 Å². The van der Waals surface area contributed by atoms with Crippen LogP contribution in [0, 0.1) is 0 Å². The van der Waals surface area contributed by atoms with E-state index < -0.39 is 17.9 Å². The first-order valence-electron chi connectivity index (χ1n) is 4.81. The molecule has 0 radical (unpaired) electrons. The molecule has 0 aliphatic carbocycles.